The first-order valence-corrected chi connectivity index (χ1v) is 10.9. The summed E-state index contributed by atoms with van der Waals surface area (Å²) in [5, 5.41) is 3.58. The summed E-state index contributed by atoms with van der Waals surface area (Å²) in [5.74, 6) is -0.103. The Morgan fingerprint density at radius 2 is 1.96 bits per heavy atom. The monoisotopic (exact) mass is 410 g/mol. The second kappa shape index (κ2) is 8.00. The molecule has 8 heteroatoms. The van der Waals surface area contributed by atoms with Gasteiger partial charge in [0.25, 0.3) is 0 Å². The van der Waals surface area contributed by atoms with Crippen molar-refractivity contribution in [2.45, 2.75) is 34.8 Å². The van der Waals surface area contributed by atoms with Crippen molar-refractivity contribution in [1.82, 2.24) is 4.72 Å². The van der Waals surface area contributed by atoms with E-state index in [0.29, 0.717) is 23.6 Å². The Kier molecular flexibility index (Phi) is 5.92. The van der Waals surface area contributed by atoms with Crippen LogP contribution in [0, 0.1) is 0 Å². The molecule has 0 spiro atoms. The van der Waals surface area contributed by atoms with Crippen molar-refractivity contribution in [2.75, 3.05) is 11.9 Å². The third-order valence-corrected chi connectivity index (χ3v) is 6.85. The van der Waals surface area contributed by atoms with Crippen molar-refractivity contribution in [3.05, 3.63) is 53.1 Å². The Bertz CT molecular complexity index is 915. The van der Waals surface area contributed by atoms with Crippen LogP contribution in [0.3, 0.4) is 0 Å². The number of nitrogens with one attached hydrogen (secondary N) is 2. The summed E-state index contributed by atoms with van der Waals surface area (Å²) < 4.78 is 27.7. The van der Waals surface area contributed by atoms with Gasteiger partial charge in [-0.15, -0.1) is 11.8 Å². The van der Waals surface area contributed by atoms with E-state index in [2.05, 4.69) is 10.0 Å². The molecule has 1 atom stereocenters. The fourth-order valence-electron chi connectivity index (χ4n) is 2.66. The summed E-state index contributed by atoms with van der Waals surface area (Å²) in [6, 6.07) is 12.1. The maximum absolute atomic E-state index is 12.5. The second-order valence-electron chi connectivity index (χ2n) is 6.11. The largest absolute Gasteiger partial charge is 0.325 e. The maximum atomic E-state index is 12.5. The van der Waals surface area contributed by atoms with Crippen LogP contribution >= 0.6 is 23.4 Å². The average Bonchev–Trinajstić information content (AvgIpc) is 2.72. The third-order valence-electron chi connectivity index (χ3n) is 3.96. The van der Waals surface area contributed by atoms with Crippen molar-refractivity contribution in [3.63, 3.8) is 0 Å². The normalized spacial score (nSPS) is 17.3. The van der Waals surface area contributed by atoms with Crippen LogP contribution in [-0.2, 0) is 21.2 Å². The van der Waals surface area contributed by atoms with Crippen LogP contribution in [0.1, 0.15) is 18.9 Å². The van der Waals surface area contributed by atoms with Gasteiger partial charge in [-0.05, 0) is 42.3 Å². The average molecular weight is 411 g/mol. The van der Waals surface area contributed by atoms with Gasteiger partial charge in [0.2, 0.25) is 15.9 Å². The van der Waals surface area contributed by atoms with Crippen LogP contribution < -0.4 is 10.0 Å². The van der Waals surface area contributed by atoms with Crippen LogP contribution in [0.15, 0.2) is 52.3 Å². The van der Waals surface area contributed by atoms with E-state index in [1.165, 1.54) is 6.07 Å². The fraction of sp³-hybridized carbons (Fsp3) is 0.278. The number of anilines is 1. The smallest absolute Gasteiger partial charge is 0.240 e. The number of amides is 1. The number of sulfonamides is 1. The van der Waals surface area contributed by atoms with Crippen molar-refractivity contribution >= 4 is 45.0 Å². The van der Waals surface area contributed by atoms with Crippen LogP contribution in [0.5, 0.6) is 0 Å². The zero-order valence-corrected chi connectivity index (χ0v) is 16.5. The molecule has 0 radical (unpaired) electrons. The van der Waals surface area contributed by atoms with Crippen molar-refractivity contribution in [1.29, 1.82) is 0 Å². The lowest BCUT2D eigenvalue weighted by Crippen LogP contribution is -2.26. The Hall–Kier alpha value is -1.54. The molecule has 1 heterocycles. The molecule has 1 aliphatic heterocycles. The van der Waals surface area contributed by atoms with Crippen LogP contribution in [0.4, 0.5) is 5.69 Å². The molecule has 0 bridgehead atoms. The van der Waals surface area contributed by atoms with Crippen molar-refractivity contribution in [3.8, 4) is 0 Å². The number of benzene rings is 2. The third kappa shape index (κ3) is 4.79. The first-order valence-electron chi connectivity index (χ1n) is 8.18. The van der Waals surface area contributed by atoms with E-state index in [1.54, 1.807) is 36.0 Å². The first kappa shape index (κ1) is 19.2. The number of carbonyl (C=O) groups is 1. The molecule has 138 valence electrons. The number of hydrogen-bond donors (Lipinski definition) is 2. The molecule has 0 aromatic heterocycles. The summed E-state index contributed by atoms with van der Waals surface area (Å²) in [7, 11) is -3.65. The predicted octanol–water partition coefficient (Wildman–Crippen LogP) is 3.68. The van der Waals surface area contributed by atoms with E-state index >= 15 is 0 Å². The molecule has 1 amide bonds. The molecule has 0 fully saturated rings. The number of halogens is 1. The van der Waals surface area contributed by atoms with Gasteiger partial charge in [0.1, 0.15) is 0 Å². The summed E-state index contributed by atoms with van der Waals surface area (Å²) in [6.07, 6.45) is 0.964. The van der Waals surface area contributed by atoms with Gasteiger partial charge in [-0.3, -0.25) is 4.79 Å². The molecule has 0 unspecified atom stereocenters. The summed E-state index contributed by atoms with van der Waals surface area (Å²) >= 11 is 7.41. The standard InChI is InChI=1S/C18H19ClN2O3S2/c1-12-10-18(22)21-16-11-15(6-7-17(16)25-12)26(23,24)20-9-8-13-2-4-14(19)5-3-13/h2-7,11-12,20H,8-10H2,1H3,(H,21,22)/t12-/m1/s1. The lowest BCUT2D eigenvalue weighted by molar-refractivity contribution is -0.116. The molecule has 2 aromatic rings. The van der Waals surface area contributed by atoms with Gasteiger partial charge >= 0.3 is 0 Å². The first-order chi connectivity index (χ1) is 12.3. The van der Waals surface area contributed by atoms with Gasteiger partial charge in [0.15, 0.2) is 0 Å². The molecule has 2 N–H and O–H groups in total. The number of hydrogen-bond acceptors (Lipinski definition) is 4. The molecule has 1 aliphatic rings. The SMILES string of the molecule is C[C@@H]1CC(=O)Nc2cc(S(=O)(=O)NCCc3ccc(Cl)cc3)ccc2S1. The molecule has 5 nitrogen and oxygen atoms in total. The van der Waals surface area contributed by atoms with E-state index in [-0.39, 0.29) is 22.6 Å². The zero-order valence-electron chi connectivity index (χ0n) is 14.2. The number of carbonyl (C=O) groups excluding carboxylic acids is 1. The Morgan fingerprint density at radius 3 is 2.69 bits per heavy atom. The quantitative estimate of drug-likeness (QED) is 0.788. The highest BCUT2D eigenvalue weighted by Crippen LogP contribution is 2.36. The minimum Gasteiger partial charge on any atom is -0.325 e. The Morgan fingerprint density at radius 1 is 1.23 bits per heavy atom. The van der Waals surface area contributed by atoms with E-state index in [0.717, 1.165) is 10.5 Å². The topological polar surface area (TPSA) is 75.3 Å². The van der Waals surface area contributed by atoms with Crippen LogP contribution in [-0.4, -0.2) is 26.1 Å². The molecule has 0 saturated carbocycles. The van der Waals surface area contributed by atoms with Gasteiger partial charge < -0.3 is 5.32 Å². The van der Waals surface area contributed by atoms with Crippen molar-refractivity contribution < 1.29 is 13.2 Å². The van der Waals surface area contributed by atoms with Crippen LogP contribution in [0.2, 0.25) is 5.02 Å². The minimum atomic E-state index is -3.65. The molecular formula is C18H19ClN2O3S2. The zero-order chi connectivity index (χ0) is 18.7. The van der Waals surface area contributed by atoms with Gasteiger partial charge in [-0.1, -0.05) is 30.7 Å². The highest BCUT2D eigenvalue weighted by atomic mass is 35.5. The molecule has 3 rings (SSSR count). The Balaban J connectivity index is 1.71. The lowest BCUT2D eigenvalue weighted by Gasteiger charge is -2.11. The molecule has 0 saturated heterocycles. The second-order valence-corrected chi connectivity index (χ2v) is 9.80. The van der Waals surface area contributed by atoms with Gasteiger partial charge in [-0.25, -0.2) is 13.1 Å². The van der Waals surface area contributed by atoms with Gasteiger partial charge in [0, 0.05) is 28.1 Å². The van der Waals surface area contributed by atoms with E-state index < -0.39 is 10.0 Å². The molecule has 2 aromatic carbocycles. The highest BCUT2D eigenvalue weighted by Gasteiger charge is 2.22. The van der Waals surface area contributed by atoms with Crippen LogP contribution in [0.25, 0.3) is 0 Å². The molecule has 26 heavy (non-hydrogen) atoms. The molecule has 0 aliphatic carbocycles. The summed E-state index contributed by atoms with van der Waals surface area (Å²) in [6.45, 7) is 2.25. The predicted molar refractivity (Wildman–Crippen MR) is 105 cm³/mol. The number of rotatable bonds is 5. The summed E-state index contributed by atoms with van der Waals surface area (Å²) in [4.78, 5) is 12.9. The lowest BCUT2D eigenvalue weighted by atomic mass is 10.2. The van der Waals surface area contributed by atoms with E-state index in [4.69, 9.17) is 11.6 Å². The van der Waals surface area contributed by atoms with Crippen molar-refractivity contribution in [2.24, 2.45) is 0 Å². The summed E-state index contributed by atoms with van der Waals surface area (Å²) in [5.41, 5.74) is 1.54. The van der Waals surface area contributed by atoms with E-state index in [1.807, 2.05) is 19.1 Å². The highest BCUT2D eigenvalue weighted by molar-refractivity contribution is 8.00. The fourth-order valence-corrected chi connectivity index (χ4v) is 4.90. The minimum absolute atomic E-state index is 0.103. The Labute approximate surface area is 162 Å². The number of fused-ring (bicyclic) bond motifs is 1. The van der Waals surface area contributed by atoms with Gasteiger partial charge in [-0.2, -0.15) is 0 Å². The maximum Gasteiger partial charge on any atom is 0.240 e. The molecular weight excluding hydrogens is 392 g/mol. The van der Waals surface area contributed by atoms with Gasteiger partial charge in [0.05, 0.1) is 10.6 Å². The van der Waals surface area contributed by atoms with E-state index in [9.17, 15) is 13.2 Å². The number of thioether (sulfide) groups is 1.